The summed E-state index contributed by atoms with van der Waals surface area (Å²) in [4.78, 5) is 0. The van der Waals surface area contributed by atoms with Crippen LogP contribution in [-0.2, 0) is 5.75 Å². The molecule has 0 fully saturated rings. The van der Waals surface area contributed by atoms with Gasteiger partial charge in [-0.2, -0.15) is 0 Å². The summed E-state index contributed by atoms with van der Waals surface area (Å²) in [5, 5.41) is 16.5. The van der Waals surface area contributed by atoms with Crippen molar-refractivity contribution in [2.45, 2.75) is 10.1 Å². The third-order valence-electron chi connectivity index (χ3n) is 2.01. The van der Waals surface area contributed by atoms with Crippen LogP contribution in [0.5, 0.6) is 0 Å². The largest absolute Gasteiger partial charge is 0.384 e. The van der Waals surface area contributed by atoms with Crippen molar-refractivity contribution in [3.8, 4) is 11.8 Å². The standard InChI is InChI=1S/C12H10N2OS2/c15-7-3-6-10-4-1-2-5-11(10)8-16-12-14-13-9-17-12/h1-2,4-5,9,15H,7-8H2. The van der Waals surface area contributed by atoms with Crippen LogP contribution in [0.1, 0.15) is 11.1 Å². The lowest BCUT2D eigenvalue weighted by Crippen LogP contribution is -1.87. The molecule has 0 amide bonds. The molecular weight excluding hydrogens is 252 g/mol. The van der Waals surface area contributed by atoms with Crippen LogP contribution in [0.3, 0.4) is 0 Å². The van der Waals surface area contributed by atoms with E-state index in [1.165, 1.54) is 11.3 Å². The molecule has 2 rings (SSSR count). The summed E-state index contributed by atoms with van der Waals surface area (Å²) in [5.41, 5.74) is 3.83. The van der Waals surface area contributed by atoms with Crippen molar-refractivity contribution in [1.82, 2.24) is 10.2 Å². The average molecular weight is 262 g/mol. The molecule has 17 heavy (non-hydrogen) atoms. The highest BCUT2D eigenvalue weighted by atomic mass is 32.2. The Balaban J connectivity index is 2.09. The van der Waals surface area contributed by atoms with Crippen LogP contribution < -0.4 is 0 Å². The van der Waals surface area contributed by atoms with Gasteiger partial charge in [0.1, 0.15) is 12.1 Å². The van der Waals surface area contributed by atoms with Crippen molar-refractivity contribution < 1.29 is 5.11 Å². The lowest BCUT2D eigenvalue weighted by molar-refractivity contribution is 0.350. The molecule has 2 aromatic rings. The van der Waals surface area contributed by atoms with Gasteiger partial charge < -0.3 is 5.11 Å². The molecule has 0 bridgehead atoms. The van der Waals surface area contributed by atoms with E-state index in [1.807, 2.05) is 24.3 Å². The van der Waals surface area contributed by atoms with Crippen molar-refractivity contribution >= 4 is 23.1 Å². The molecule has 0 saturated carbocycles. The maximum Gasteiger partial charge on any atom is 0.174 e. The summed E-state index contributed by atoms with van der Waals surface area (Å²) in [7, 11) is 0. The van der Waals surface area contributed by atoms with E-state index in [-0.39, 0.29) is 6.61 Å². The highest BCUT2D eigenvalue weighted by molar-refractivity contribution is 8.00. The average Bonchev–Trinajstić information content (AvgIpc) is 2.88. The molecule has 3 nitrogen and oxygen atoms in total. The molecule has 1 N–H and O–H groups in total. The zero-order valence-electron chi connectivity index (χ0n) is 8.96. The van der Waals surface area contributed by atoms with Crippen molar-refractivity contribution in [3.05, 3.63) is 40.9 Å². The van der Waals surface area contributed by atoms with E-state index in [1.54, 1.807) is 17.3 Å². The number of nitrogens with zero attached hydrogens (tertiary/aromatic N) is 2. The maximum atomic E-state index is 8.70. The first-order valence-electron chi connectivity index (χ1n) is 4.97. The number of aliphatic hydroxyl groups excluding tert-OH is 1. The van der Waals surface area contributed by atoms with Gasteiger partial charge in [-0.15, -0.1) is 10.2 Å². The van der Waals surface area contributed by atoms with Crippen molar-refractivity contribution in [3.63, 3.8) is 0 Å². The second-order valence-corrected chi connectivity index (χ2v) is 5.17. The molecule has 0 aliphatic carbocycles. The monoisotopic (exact) mass is 262 g/mol. The summed E-state index contributed by atoms with van der Waals surface area (Å²) < 4.78 is 0.954. The molecule has 0 saturated heterocycles. The summed E-state index contributed by atoms with van der Waals surface area (Å²) in [5.74, 6) is 6.43. The summed E-state index contributed by atoms with van der Waals surface area (Å²) in [6.45, 7) is -0.113. The van der Waals surface area contributed by atoms with Crippen molar-refractivity contribution in [1.29, 1.82) is 0 Å². The zero-order valence-corrected chi connectivity index (χ0v) is 10.6. The predicted octanol–water partition coefficient (Wildman–Crippen LogP) is 2.17. The molecule has 1 aromatic heterocycles. The van der Waals surface area contributed by atoms with Crippen molar-refractivity contribution in [2.75, 3.05) is 6.61 Å². The maximum absolute atomic E-state index is 8.70. The third-order valence-corrected chi connectivity index (χ3v) is 3.92. The minimum atomic E-state index is -0.113. The molecule has 0 aliphatic rings. The number of thioether (sulfide) groups is 1. The molecule has 1 aromatic carbocycles. The van der Waals surface area contributed by atoms with E-state index < -0.39 is 0 Å². The van der Waals surface area contributed by atoms with E-state index in [9.17, 15) is 0 Å². The van der Waals surface area contributed by atoms with Crippen LogP contribution in [0.25, 0.3) is 0 Å². The minimum absolute atomic E-state index is 0.113. The second-order valence-electron chi connectivity index (χ2n) is 3.11. The number of aliphatic hydroxyl groups is 1. The van der Waals surface area contributed by atoms with Gasteiger partial charge in [0, 0.05) is 11.3 Å². The molecule has 0 spiro atoms. The molecule has 0 unspecified atom stereocenters. The summed E-state index contributed by atoms with van der Waals surface area (Å²) in [6.07, 6.45) is 0. The van der Waals surface area contributed by atoms with Gasteiger partial charge in [0.2, 0.25) is 0 Å². The molecule has 0 radical (unpaired) electrons. The van der Waals surface area contributed by atoms with Gasteiger partial charge >= 0.3 is 0 Å². The van der Waals surface area contributed by atoms with Crippen LogP contribution >= 0.6 is 23.1 Å². The molecule has 5 heteroatoms. The Morgan fingerprint density at radius 1 is 1.35 bits per heavy atom. The van der Waals surface area contributed by atoms with Gasteiger partial charge in [-0.3, -0.25) is 0 Å². The van der Waals surface area contributed by atoms with E-state index in [0.29, 0.717) is 0 Å². The first kappa shape index (κ1) is 12.1. The number of hydrogen-bond acceptors (Lipinski definition) is 5. The molecule has 0 atom stereocenters. The van der Waals surface area contributed by atoms with Gasteiger partial charge in [-0.1, -0.05) is 53.1 Å². The van der Waals surface area contributed by atoms with E-state index in [2.05, 4.69) is 22.0 Å². The normalized spacial score (nSPS) is 9.71. The third kappa shape index (κ3) is 3.56. The second kappa shape index (κ2) is 6.40. The Hall–Kier alpha value is -1.35. The fraction of sp³-hybridized carbons (Fsp3) is 0.167. The first-order valence-corrected chi connectivity index (χ1v) is 6.83. The quantitative estimate of drug-likeness (QED) is 0.680. The minimum Gasteiger partial charge on any atom is -0.384 e. The lowest BCUT2D eigenvalue weighted by Gasteiger charge is -2.01. The Labute approximate surface area is 108 Å². The van der Waals surface area contributed by atoms with E-state index >= 15 is 0 Å². The van der Waals surface area contributed by atoms with Crippen LogP contribution in [0.2, 0.25) is 0 Å². The highest BCUT2D eigenvalue weighted by Gasteiger charge is 2.02. The summed E-state index contributed by atoms with van der Waals surface area (Å²) >= 11 is 3.17. The number of aromatic nitrogens is 2. The summed E-state index contributed by atoms with van der Waals surface area (Å²) in [6, 6.07) is 7.93. The van der Waals surface area contributed by atoms with E-state index in [0.717, 1.165) is 21.2 Å². The number of hydrogen-bond donors (Lipinski definition) is 1. The SMILES string of the molecule is OCC#Cc1ccccc1CSc1nncs1. The molecule has 0 aliphatic heterocycles. The Bertz CT molecular complexity index is 529. The zero-order chi connectivity index (χ0) is 11.9. The van der Waals surface area contributed by atoms with Gasteiger partial charge in [0.05, 0.1) is 0 Å². The van der Waals surface area contributed by atoms with Gasteiger partial charge in [-0.25, -0.2) is 0 Å². The first-order chi connectivity index (χ1) is 8.40. The fourth-order valence-electron chi connectivity index (χ4n) is 1.27. The smallest absolute Gasteiger partial charge is 0.174 e. The van der Waals surface area contributed by atoms with Crippen LogP contribution in [0.4, 0.5) is 0 Å². The lowest BCUT2D eigenvalue weighted by atomic mass is 10.1. The Kier molecular flexibility index (Phi) is 4.56. The van der Waals surface area contributed by atoms with Crippen LogP contribution in [-0.4, -0.2) is 21.9 Å². The molecule has 1 heterocycles. The molecule has 86 valence electrons. The van der Waals surface area contributed by atoms with Gasteiger partial charge in [0.15, 0.2) is 4.34 Å². The number of benzene rings is 1. The Morgan fingerprint density at radius 3 is 3.00 bits per heavy atom. The highest BCUT2D eigenvalue weighted by Crippen LogP contribution is 2.24. The predicted molar refractivity (Wildman–Crippen MR) is 69.9 cm³/mol. The topological polar surface area (TPSA) is 46.0 Å². The number of rotatable bonds is 3. The van der Waals surface area contributed by atoms with E-state index in [4.69, 9.17) is 5.11 Å². The fourth-order valence-corrected chi connectivity index (χ4v) is 2.76. The van der Waals surface area contributed by atoms with Gasteiger partial charge in [0.25, 0.3) is 0 Å². The van der Waals surface area contributed by atoms with Crippen molar-refractivity contribution in [2.24, 2.45) is 0 Å². The van der Waals surface area contributed by atoms with Crippen LogP contribution in [0.15, 0.2) is 34.1 Å². The Morgan fingerprint density at radius 2 is 2.24 bits per heavy atom. The van der Waals surface area contributed by atoms with Gasteiger partial charge in [-0.05, 0) is 11.6 Å². The molecular formula is C12H10N2OS2. The van der Waals surface area contributed by atoms with Crippen LogP contribution in [0, 0.1) is 11.8 Å².